The Hall–Kier alpha value is -2.04. The number of methoxy groups -OCH3 is 2. The second kappa shape index (κ2) is 15.7. The van der Waals surface area contributed by atoms with Crippen LogP contribution in [-0.4, -0.2) is 62.5 Å². The van der Waals surface area contributed by atoms with Gasteiger partial charge in [-0.25, -0.2) is 18.1 Å². The minimum atomic E-state index is -4.12. The second-order valence-corrected chi connectivity index (χ2v) is 10.4. The summed E-state index contributed by atoms with van der Waals surface area (Å²) in [4.78, 5) is 31.7. The number of aromatic nitrogens is 1. The largest absolute Gasteiger partial charge is 1.00 e. The van der Waals surface area contributed by atoms with E-state index in [2.05, 4.69) is 14.4 Å². The number of hydrogen-bond acceptors (Lipinski definition) is 9. The molecule has 0 fully saturated rings. The van der Waals surface area contributed by atoms with Crippen LogP contribution >= 0.6 is 11.3 Å². The Morgan fingerprint density at radius 2 is 1.77 bits per heavy atom. The van der Waals surface area contributed by atoms with Gasteiger partial charge in [0.05, 0.1) is 26.5 Å². The van der Waals surface area contributed by atoms with Crippen LogP contribution in [0.5, 0.6) is 17.2 Å². The van der Waals surface area contributed by atoms with E-state index >= 15 is 0 Å². The molecule has 0 saturated heterocycles. The summed E-state index contributed by atoms with van der Waals surface area (Å²) in [6.07, 6.45) is 1.38. The molecule has 1 heterocycles. The topological polar surface area (TPSA) is 149 Å². The van der Waals surface area contributed by atoms with Crippen molar-refractivity contribution >= 4 is 33.4 Å². The first-order chi connectivity index (χ1) is 18.2. The molecule has 11 nitrogen and oxygen atoms in total. The molecule has 0 bridgehead atoms. The van der Waals surface area contributed by atoms with Gasteiger partial charge in [0.1, 0.15) is 10.9 Å². The van der Waals surface area contributed by atoms with Crippen molar-refractivity contribution in [3.05, 3.63) is 74.4 Å². The van der Waals surface area contributed by atoms with Crippen LogP contribution in [0.15, 0.2) is 47.8 Å². The Kier molecular flexibility index (Phi) is 13.3. The number of rotatable bonds is 13. The number of nitrogens with zero attached hydrogens (tertiary/aromatic N) is 3. The molecule has 0 aliphatic carbocycles. The molecule has 39 heavy (non-hydrogen) atoms. The van der Waals surface area contributed by atoms with E-state index in [0.717, 1.165) is 23.3 Å². The molecule has 14 heteroatoms. The monoisotopic (exact) mass is 600 g/mol. The van der Waals surface area contributed by atoms with Gasteiger partial charge >= 0.3 is 51.4 Å². The second-order valence-electron chi connectivity index (χ2n) is 8.04. The van der Waals surface area contributed by atoms with Crippen LogP contribution in [-0.2, 0) is 23.2 Å². The summed E-state index contributed by atoms with van der Waals surface area (Å²) < 4.78 is 39.3. The quantitative estimate of drug-likeness (QED) is 0.270. The number of amides is 2. The molecule has 0 radical (unpaired) electrons. The third-order valence-electron chi connectivity index (χ3n) is 5.38. The molecule has 0 aliphatic rings. The van der Waals surface area contributed by atoms with E-state index in [4.69, 9.17) is 9.47 Å². The standard InChI is InChI=1S/C25H30N4O7S2.K/c1-4-26-38(33,34)28-24(31)19-16-37-22(27-19)15-29(12-8-11-17-9-6-5-7-10-17)25(32)18-13-20(35-2)23(30)21(14-18)36-3;/h5-7,9-10,13-14,16,26H,4,8,11-12,15H2,1-3H3,(H2,28,30,31,32);/q;+1/p-1. The molecule has 0 saturated carbocycles. The fourth-order valence-corrected chi connectivity index (χ4v) is 5.11. The SMILES string of the molecule is CCNS(=O)(=O)[N-]C(=O)c1csc(CN(CCCc2ccccc2)C(=O)c2cc(OC)c(O)c(OC)c2)n1.[K+]. The average Bonchev–Trinajstić information content (AvgIpc) is 3.37. The van der Waals surface area contributed by atoms with Gasteiger partial charge in [0.15, 0.2) is 21.7 Å². The van der Waals surface area contributed by atoms with Crippen LogP contribution in [0, 0.1) is 0 Å². The van der Waals surface area contributed by atoms with Crippen molar-refractivity contribution in [1.82, 2.24) is 14.6 Å². The molecule has 204 valence electrons. The first-order valence-corrected chi connectivity index (χ1v) is 14.0. The molecule has 0 spiro atoms. The maximum absolute atomic E-state index is 13.6. The Balaban J connectivity index is 0.00000533. The van der Waals surface area contributed by atoms with Gasteiger partial charge in [-0.3, -0.25) is 4.79 Å². The zero-order valence-electron chi connectivity index (χ0n) is 22.2. The number of thiazole rings is 1. The van der Waals surface area contributed by atoms with Crippen LogP contribution < -0.4 is 65.6 Å². The third-order valence-corrected chi connectivity index (χ3v) is 7.27. The number of carbonyl (C=O) groups is 2. The number of carbonyl (C=O) groups excluding carboxylic acids is 2. The van der Waals surface area contributed by atoms with E-state index in [9.17, 15) is 23.1 Å². The van der Waals surface area contributed by atoms with Crippen LogP contribution in [0.2, 0.25) is 0 Å². The maximum Gasteiger partial charge on any atom is 1.00 e. The zero-order valence-corrected chi connectivity index (χ0v) is 27.0. The number of aromatic hydroxyl groups is 1. The van der Waals surface area contributed by atoms with E-state index in [1.807, 2.05) is 30.3 Å². The number of aryl methyl sites for hydroxylation is 1. The maximum atomic E-state index is 13.6. The smallest absolute Gasteiger partial charge is 0.527 e. The zero-order chi connectivity index (χ0) is 27.7. The third kappa shape index (κ3) is 9.53. The number of hydrogen-bond donors (Lipinski definition) is 2. The van der Waals surface area contributed by atoms with Gasteiger partial charge in [-0.1, -0.05) is 37.3 Å². The van der Waals surface area contributed by atoms with Crippen molar-refractivity contribution in [1.29, 1.82) is 0 Å². The number of benzene rings is 2. The summed E-state index contributed by atoms with van der Waals surface area (Å²) >= 11 is 1.12. The van der Waals surface area contributed by atoms with Gasteiger partial charge in [0.25, 0.3) is 5.91 Å². The van der Waals surface area contributed by atoms with Gasteiger partial charge in [0.2, 0.25) is 5.75 Å². The Bertz CT molecular complexity index is 1340. The molecule has 0 aliphatic heterocycles. The number of phenols is 1. The van der Waals surface area contributed by atoms with E-state index in [1.54, 1.807) is 11.8 Å². The molecular weight excluding hydrogens is 572 g/mol. The minimum Gasteiger partial charge on any atom is -0.527 e. The van der Waals surface area contributed by atoms with Gasteiger partial charge in [-0.15, -0.1) is 11.3 Å². The van der Waals surface area contributed by atoms with Crippen LogP contribution in [0.1, 0.15) is 44.8 Å². The van der Waals surface area contributed by atoms with E-state index in [-0.39, 0.29) is 98.9 Å². The van der Waals surface area contributed by atoms with Crippen molar-refractivity contribution in [3.8, 4) is 17.2 Å². The first-order valence-electron chi connectivity index (χ1n) is 11.7. The van der Waals surface area contributed by atoms with E-state index < -0.39 is 16.1 Å². The van der Waals surface area contributed by atoms with Crippen molar-refractivity contribution < 1.29 is 84.0 Å². The predicted molar refractivity (Wildman–Crippen MR) is 143 cm³/mol. The van der Waals surface area contributed by atoms with Crippen LogP contribution in [0.4, 0.5) is 0 Å². The van der Waals surface area contributed by atoms with Gasteiger partial charge in [0, 0.05) is 24.0 Å². The molecule has 2 aromatic carbocycles. The van der Waals surface area contributed by atoms with Crippen molar-refractivity contribution in [2.45, 2.75) is 26.3 Å². The summed E-state index contributed by atoms with van der Waals surface area (Å²) in [5.74, 6) is -1.41. The average molecular weight is 601 g/mol. The fourth-order valence-electron chi connectivity index (χ4n) is 3.59. The van der Waals surface area contributed by atoms with Crippen LogP contribution in [0.3, 0.4) is 0 Å². The Morgan fingerprint density at radius 1 is 1.13 bits per heavy atom. The van der Waals surface area contributed by atoms with Crippen molar-refractivity contribution in [3.63, 3.8) is 0 Å². The van der Waals surface area contributed by atoms with Crippen molar-refractivity contribution in [2.24, 2.45) is 0 Å². The molecular formula is C25H29KN4O7S2. The fraction of sp³-hybridized carbons (Fsp3) is 0.320. The summed E-state index contributed by atoms with van der Waals surface area (Å²) in [5.41, 5.74) is 1.23. The normalized spacial score (nSPS) is 10.8. The molecule has 2 N–H and O–H groups in total. The molecule has 0 unspecified atom stereocenters. The van der Waals surface area contributed by atoms with E-state index in [1.165, 1.54) is 31.7 Å². The Labute approximate surface area is 274 Å². The summed E-state index contributed by atoms with van der Waals surface area (Å²) in [6.45, 7) is 2.09. The predicted octanol–water partition coefficient (Wildman–Crippen LogP) is 0.513. The van der Waals surface area contributed by atoms with Crippen LogP contribution in [0.25, 0.3) is 4.72 Å². The molecule has 3 rings (SSSR count). The van der Waals surface area contributed by atoms with Crippen molar-refractivity contribution in [2.75, 3.05) is 27.3 Å². The number of phenolic OH excluding ortho intramolecular Hbond substituents is 1. The summed E-state index contributed by atoms with van der Waals surface area (Å²) in [5, 5.41) is 12.1. The summed E-state index contributed by atoms with van der Waals surface area (Å²) in [6, 6.07) is 12.7. The molecule has 3 aromatic rings. The van der Waals surface area contributed by atoms with Gasteiger partial charge in [-0.2, -0.15) is 0 Å². The number of nitrogens with one attached hydrogen (secondary N) is 1. The summed E-state index contributed by atoms with van der Waals surface area (Å²) in [7, 11) is -1.37. The van der Waals surface area contributed by atoms with Gasteiger partial charge in [-0.05, 0) is 30.5 Å². The van der Waals surface area contributed by atoms with Gasteiger partial charge < -0.3 is 29.0 Å². The molecule has 2 amide bonds. The minimum absolute atomic E-state index is 0. The van der Waals surface area contributed by atoms with E-state index in [0.29, 0.717) is 18.0 Å². The Morgan fingerprint density at radius 3 is 2.36 bits per heavy atom. The number of ether oxygens (including phenoxy) is 2. The first kappa shape index (κ1) is 33.2. The molecule has 0 atom stereocenters. The molecule has 1 aromatic heterocycles.